The predicted molar refractivity (Wildman–Crippen MR) is 217 cm³/mol. The van der Waals surface area contributed by atoms with Gasteiger partial charge in [-0.05, 0) is 112 Å². The average Bonchev–Trinajstić information content (AvgIpc) is 3.52. The largest absolute Gasteiger partial charge is 0.335 e. The molecule has 256 valence electrons. The SMILES string of the molecule is C=C(/C=C1\C(=C/C)N(c2ccccc2)C2(C)CC(C)(C)CC(C)(C)C12C)c1ccc2c(c1)C(c1ccccc1)(c1ccccc1)c1ccccc1-2. The zero-order valence-electron chi connectivity index (χ0n) is 31.4. The van der Waals surface area contributed by atoms with Crippen LogP contribution in [0.15, 0.2) is 163 Å². The van der Waals surface area contributed by atoms with Crippen LogP contribution in [0.1, 0.15) is 89.1 Å². The molecule has 0 radical (unpaired) electrons. The Bertz CT molecular complexity index is 2160. The van der Waals surface area contributed by atoms with E-state index in [9.17, 15) is 0 Å². The Hall–Kier alpha value is -4.88. The second kappa shape index (κ2) is 11.6. The van der Waals surface area contributed by atoms with E-state index in [2.05, 4.69) is 199 Å². The van der Waals surface area contributed by atoms with Crippen LogP contribution in [0.2, 0.25) is 0 Å². The molecule has 1 heterocycles. The smallest absolute Gasteiger partial charge is 0.0713 e. The van der Waals surface area contributed by atoms with Gasteiger partial charge in [-0.3, -0.25) is 0 Å². The van der Waals surface area contributed by atoms with Crippen molar-refractivity contribution in [1.82, 2.24) is 0 Å². The zero-order valence-corrected chi connectivity index (χ0v) is 31.4. The van der Waals surface area contributed by atoms with Gasteiger partial charge in [-0.15, -0.1) is 0 Å². The van der Waals surface area contributed by atoms with Gasteiger partial charge in [0.05, 0.1) is 11.0 Å². The number of fused-ring (bicyclic) bond motifs is 4. The molecule has 0 amide bonds. The monoisotopic (exact) mass is 665 g/mol. The molecule has 2 unspecified atom stereocenters. The molecular weight excluding hydrogens is 615 g/mol. The summed E-state index contributed by atoms with van der Waals surface area (Å²) in [6, 6.07) is 49.3. The number of para-hydroxylation sites is 1. The van der Waals surface area contributed by atoms with Crippen molar-refractivity contribution in [1.29, 1.82) is 0 Å². The lowest BCUT2D eigenvalue weighted by atomic mass is 9.45. The Morgan fingerprint density at radius 3 is 1.78 bits per heavy atom. The first-order chi connectivity index (χ1) is 24.4. The van der Waals surface area contributed by atoms with Gasteiger partial charge in [0.1, 0.15) is 0 Å². The summed E-state index contributed by atoms with van der Waals surface area (Å²) in [7, 11) is 0. The molecule has 2 aliphatic carbocycles. The van der Waals surface area contributed by atoms with Crippen molar-refractivity contribution in [3.05, 3.63) is 191 Å². The van der Waals surface area contributed by atoms with Crippen LogP contribution >= 0.6 is 0 Å². The third kappa shape index (κ3) is 4.60. The van der Waals surface area contributed by atoms with Crippen molar-refractivity contribution in [2.75, 3.05) is 4.90 Å². The molecule has 3 aliphatic rings. The van der Waals surface area contributed by atoms with Crippen molar-refractivity contribution < 1.29 is 0 Å². The molecule has 5 aromatic carbocycles. The van der Waals surface area contributed by atoms with Gasteiger partial charge in [-0.2, -0.15) is 0 Å². The van der Waals surface area contributed by atoms with Crippen molar-refractivity contribution in [2.24, 2.45) is 16.2 Å². The topological polar surface area (TPSA) is 3.24 Å². The van der Waals surface area contributed by atoms with E-state index in [1.165, 1.54) is 50.3 Å². The van der Waals surface area contributed by atoms with E-state index in [0.717, 1.165) is 24.0 Å². The molecule has 2 fully saturated rings. The lowest BCUT2D eigenvalue weighted by Gasteiger charge is -2.62. The quantitative estimate of drug-likeness (QED) is 0.177. The maximum atomic E-state index is 4.87. The summed E-state index contributed by atoms with van der Waals surface area (Å²) in [6.45, 7) is 22.1. The van der Waals surface area contributed by atoms with Crippen molar-refractivity contribution in [3.8, 4) is 11.1 Å². The molecule has 0 spiro atoms. The van der Waals surface area contributed by atoms with Gasteiger partial charge in [0.25, 0.3) is 0 Å². The predicted octanol–water partition coefficient (Wildman–Crippen LogP) is 13.0. The normalized spacial score (nSPS) is 25.4. The van der Waals surface area contributed by atoms with Gasteiger partial charge in [0, 0.05) is 16.8 Å². The number of allylic oxidation sites excluding steroid dienone is 4. The van der Waals surface area contributed by atoms with Gasteiger partial charge >= 0.3 is 0 Å². The van der Waals surface area contributed by atoms with Crippen molar-refractivity contribution in [3.63, 3.8) is 0 Å². The summed E-state index contributed by atoms with van der Waals surface area (Å²) in [4.78, 5) is 2.67. The van der Waals surface area contributed by atoms with E-state index in [-0.39, 0.29) is 21.8 Å². The summed E-state index contributed by atoms with van der Waals surface area (Å²) >= 11 is 0. The molecular formula is C50H51N. The van der Waals surface area contributed by atoms with E-state index < -0.39 is 5.41 Å². The fourth-order valence-corrected chi connectivity index (χ4v) is 11.3. The van der Waals surface area contributed by atoms with Gasteiger partial charge in [0.2, 0.25) is 0 Å². The third-order valence-electron chi connectivity index (χ3n) is 13.2. The van der Waals surface area contributed by atoms with Crippen LogP contribution in [0.25, 0.3) is 16.7 Å². The Morgan fingerprint density at radius 1 is 0.627 bits per heavy atom. The van der Waals surface area contributed by atoms with Crippen LogP contribution in [0.3, 0.4) is 0 Å². The number of hydrogen-bond acceptors (Lipinski definition) is 1. The summed E-state index contributed by atoms with van der Waals surface area (Å²) in [5.41, 5.74) is 13.5. The number of anilines is 1. The van der Waals surface area contributed by atoms with Gasteiger partial charge in [-0.25, -0.2) is 0 Å². The molecule has 0 aromatic heterocycles. The second-order valence-corrected chi connectivity index (χ2v) is 17.0. The zero-order chi connectivity index (χ0) is 35.8. The molecule has 51 heavy (non-hydrogen) atoms. The van der Waals surface area contributed by atoms with Crippen LogP contribution in [-0.4, -0.2) is 5.54 Å². The molecule has 1 nitrogen and oxygen atoms in total. The van der Waals surface area contributed by atoms with E-state index in [1.54, 1.807) is 0 Å². The molecule has 1 heteroatoms. The fourth-order valence-electron chi connectivity index (χ4n) is 11.3. The number of nitrogens with zero attached hydrogens (tertiary/aromatic N) is 1. The van der Waals surface area contributed by atoms with E-state index in [1.807, 2.05) is 0 Å². The second-order valence-electron chi connectivity index (χ2n) is 17.0. The van der Waals surface area contributed by atoms with Crippen molar-refractivity contribution in [2.45, 2.75) is 72.3 Å². The maximum absolute atomic E-state index is 4.87. The molecule has 1 saturated carbocycles. The minimum absolute atomic E-state index is 0.0305. The lowest BCUT2D eigenvalue weighted by Crippen LogP contribution is -2.62. The number of benzene rings is 5. The van der Waals surface area contributed by atoms with Gasteiger partial charge in [-0.1, -0.05) is 163 Å². The summed E-state index contributed by atoms with van der Waals surface area (Å²) in [5, 5.41) is 0. The maximum Gasteiger partial charge on any atom is 0.0713 e. The number of hydrogen-bond donors (Lipinski definition) is 0. The molecule has 1 saturated heterocycles. The highest BCUT2D eigenvalue weighted by molar-refractivity contribution is 5.89. The van der Waals surface area contributed by atoms with Gasteiger partial charge in [0.15, 0.2) is 0 Å². The number of rotatable bonds is 5. The fraction of sp³-hybridized carbons (Fsp3) is 0.280. The summed E-state index contributed by atoms with van der Waals surface area (Å²) in [5.74, 6) is 0. The highest BCUT2D eigenvalue weighted by Gasteiger charge is 2.68. The molecule has 0 bridgehead atoms. The minimum Gasteiger partial charge on any atom is -0.335 e. The standard InChI is InChI=1S/C50H51N/c1-9-45-44(49(8)47(5,6)33-46(3,4)34-48(49,7)51(45)39-25-17-12-18-26-39)31-35(2)36-29-30-41-40-27-19-20-28-42(40)50(43(41)32-36,37-21-13-10-14-22-37)38-23-15-11-16-24-38/h9-32H,2,33-34H2,1,3-8H3/b44-31+,45-9+. The minimum atomic E-state index is -0.439. The Labute approximate surface area is 306 Å². The van der Waals surface area contributed by atoms with E-state index in [4.69, 9.17) is 6.58 Å². The average molecular weight is 666 g/mol. The molecule has 5 aromatic rings. The highest BCUT2D eigenvalue weighted by Crippen LogP contribution is 2.71. The summed E-state index contributed by atoms with van der Waals surface area (Å²) < 4.78 is 0. The summed E-state index contributed by atoms with van der Waals surface area (Å²) in [6.07, 6.45) is 7.05. The Kier molecular flexibility index (Phi) is 7.55. The van der Waals surface area contributed by atoms with Crippen LogP contribution in [0, 0.1) is 16.2 Å². The molecule has 1 aliphatic heterocycles. The Morgan fingerprint density at radius 2 is 1.18 bits per heavy atom. The van der Waals surface area contributed by atoms with Crippen LogP contribution in [0.5, 0.6) is 0 Å². The van der Waals surface area contributed by atoms with Crippen molar-refractivity contribution >= 4 is 11.3 Å². The molecule has 0 N–H and O–H groups in total. The van der Waals surface area contributed by atoms with Gasteiger partial charge < -0.3 is 4.90 Å². The lowest BCUT2D eigenvalue weighted by molar-refractivity contribution is -0.0491. The van der Waals surface area contributed by atoms with Crippen LogP contribution in [-0.2, 0) is 5.41 Å². The van der Waals surface area contributed by atoms with E-state index >= 15 is 0 Å². The third-order valence-corrected chi connectivity index (χ3v) is 13.2. The first-order valence-corrected chi connectivity index (χ1v) is 18.7. The first kappa shape index (κ1) is 33.3. The highest BCUT2D eigenvalue weighted by atomic mass is 15.3. The first-order valence-electron chi connectivity index (χ1n) is 18.7. The van der Waals surface area contributed by atoms with Crippen LogP contribution in [0.4, 0.5) is 5.69 Å². The van der Waals surface area contributed by atoms with E-state index in [0.29, 0.717) is 0 Å². The van der Waals surface area contributed by atoms with Crippen LogP contribution < -0.4 is 4.90 Å². The molecule has 8 rings (SSSR count). The Balaban J connectivity index is 1.34. The molecule has 2 atom stereocenters.